The van der Waals surface area contributed by atoms with E-state index in [2.05, 4.69) is 5.32 Å². The van der Waals surface area contributed by atoms with Crippen LogP contribution in [0.15, 0.2) is 18.2 Å². The van der Waals surface area contributed by atoms with Crippen LogP contribution in [-0.2, 0) is 0 Å². The molecule has 0 aromatic heterocycles. The van der Waals surface area contributed by atoms with Crippen molar-refractivity contribution in [2.75, 3.05) is 17.6 Å². The van der Waals surface area contributed by atoms with Gasteiger partial charge in [0.15, 0.2) is 0 Å². The van der Waals surface area contributed by atoms with Gasteiger partial charge >= 0.3 is 0 Å². The first-order valence-electron chi connectivity index (χ1n) is 5.09. The number of nitrogens with one attached hydrogen (secondary N) is 1. The Labute approximate surface area is 93.8 Å². The molecule has 0 aliphatic rings. The third-order valence-electron chi connectivity index (χ3n) is 2.37. The Morgan fingerprint density at radius 2 is 2.25 bits per heavy atom. The number of rotatable bonds is 5. The van der Waals surface area contributed by atoms with Gasteiger partial charge < -0.3 is 16.8 Å². The highest BCUT2D eigenvalue weighted by molar-refractivity contribution is 5.66. The summed E-state index contributed by atoms with van der Waals surface area (Å²) in [7, 11) is 0. The number of nitro benzene ring substituents is 1. The van der Waals surface area contributed by atoms with Crippen molar-refractivity contribution in [2.45, 2.75) is 19.4 Å². The van der Waals surface area contributed by atoms with E-state index >= 15 is 0 Å². The monoisotopic (exact) mass is 224 g/mol. The van der Waals surface area contributed by atoms with E-state index in [1.165, 1.54) is 6.07 Å². The van der Waals surface area contributed by atoms with Crippen LogP contribution < -0.4 is 16.8 Å². The minimum Gasteiger partial charge on any atom is -0.393 e. The van der Waals surface area contributed by atoms with Crippen molar-refractivity contribution in [1.29, 1.82) is 0 Å². The number of benzene rings is 1. The Morgan fingerprint density at radius 3 is 2.69 bits per heavy atom. The summed E-state index contributed by atoms with van der Waals surface area (Å²) < 4.78 is 0. The van der Waals surface area contributed by atoms with Gasteiger partial charge in [-0.25, -0.2) is 0 Å². The molecule has 1 unspecified atom stereocenters. The van der Waals surface area contributed by atoms with Gasteiger partial charge in [0.2, 0.25) is 0 Å². The van der Waals surface area contributed by atoms with Gasteiger partial charge in [-0.15, -0.1) is 0 Å². The van der Waals surface area contributed by atoms with Crippen LogP contribution in [-0.4, -0.2) is 17.5 Å². The first-order valence-corrected chi connectivity index (χ1v) is 5.09. The van der Waals surface area contributed by atoms with Crippen molar-refractivity contribution in [3.05, 3.63) is 28.3 Å². The summed E-state index contributed by atoms with van der Waals surface area (Å²) in [4.78, 5) is 10.1. The number of nitrogens with zero attached hydrogens (tertiary/aromatic N) is 1. The van der Waals surface area contributed by atoms with Gasteiger partial charge in [0, 0.05) is 24.3 Å². The summed E-state index contributed by atoms with van der Waals surface area (Å²) in [6, 6.07) is 4.73. The Kier molecular flexibility index (Phi) is 4.07. The molecule has 0 saturated carbocycles. The zero-order chi connectivity index (χ0) is 12.1. The molecule has 0 saturated heterocycles. The molecule has 0 aliphatic heterocycles. The van der Waals surface area contributed by atoms with E-state index in [1.807, 2.05) is 6.92 Å². The molecule has 0 amide bonds. The molecular weight excluding hydrogens is 208 g/mol. The summed E-state index contributed by atoms with van der Waals surface area (Å²) in [5, 5.41) is 13.7. The molecule has 6 heteroatoms. The quantitative estimate of drug-likeness (QED) is 0.397. The highest BCUT2D eigenvalue weighted by Crippen LogP contribution is 2.25. The fourth-order valence-corrected chi connectivity index (χ4v) is 1.37. The van der Waals surface area contributed by atoms with Crippen molar-refractivity contribution >= 4 is 17.1 Å². The number of hydrogen-bond acceptors (Lipinski definition) is 5. The molecule has 0 heterocycles. The van der Waals surface area contributed by atoms with Crippen LogP contribution in [0.4, 0.5) is 17.1 Å². The van der Waals surface area contributed by atoms with Gasteiger partial charge in [0.25, 0.3) is 5.69 Å². The number of nitrogen functional groups attached to an aromatic ring is 1. The fourth-order valence-electron chi connectivity index (χ4n) is 1.37. The maximum Gasteiger partial charge on any atom is 0.292 e. The number of nitro groups is 1. The van der Waals surface area contributed by atoms with Crippen molar-refractivity contribution in [3.63, 3.8) is 0 Å². The van der Waals surface area contributed by atoms with Gasteiger partial charge in [0.1, 0.15) is 5.69 Å². The van der Waals surface area contributed by atoms with E-state index in [1.54, 1.807) is 12.1 Å². The van der Waals surface area contributed by atoms with Gasteiger partial charge in [-0.2, -0.15) is 0 Å². The van der Waals surface area contributed by atoms with Crippen molar-refractivity contribution in [1.82, 2.24) is 0 Å². The van der Waals surface area contributed by atoms with E-state index in [0.29, 0.717) is 6.54 Å². The molecule has 16 heavy (non-hydrogen) atoms. The molecule has 0 aliphatic carbocycles. The average molecular weight is 224 g/mol. The van der Waals surface area contributed by atoms with E-state index in [0.717, 1.165) is 12.1 Å². The molecule has 1 aromatic rings. The zero-order valence-corrected chi connectivity index (χ0v) is 9.14. The van der Waals surface area contributed by atoms with E-state index in [-0.39, 0.29) is 17.4 Å². The maximum atomic E-state index is 10.6. The Bertz CT molecular complexity index is 377. The topological polar surface area (TPSA) is 107 Å². The van der Waals surface area contributed by atoms with Gasteiger partial charge in [0.05, 0.1) is 4.92 Å². The predicted molar refractivity (Wildman–Crippen MR) is 64.3 cm³/mol. The predicted octanol–water partition coefficient (Wildman–Crippen LogP) is 1.33. The molecule has 88 valence electrons. The third kappa shape index (κ3) is 2.83. The van der Waals surface area contributed by atoms with Crippen LogP contribution in [0.5, 0.6) is 0 Å². The molecule has 0 spiro atoms. The number of anilines is 2. The van der Waals surface area contributed by atoms with Crippen LogP contribution in [0.3, 0.4) is 0 Å². The number of nitrogens with two attached hydrogens (primary N) is 2. The summed E-state index contributed by atoms with van der Waals surface area (Å²) >= 11 is 0. The summed E-state index contributed by atoms with van der Waals surface area (Å²) in [5.41, 5.74) is 11.9. The highest BCUT2D eigenvalue weighted by atomic mass is 16.6. The normalized spacial score (nSPS) is 12.1. The molecule has 5 N–H and O–H groups in total. The zero-order valence-electron chi connectivity index (χ0n) is 9.14. The summed E-state index contributed by atoms with van der Waals surface area (Å²) in [6.45, 7) is 2.52. The largest absolute Gasteiger partial charge is 0.393 e. The van der Waals surface area contributed by atoms with Crippen molar-refractivity contribution in [2.24, 2.45) is 5.73 Å². The molecule has 0 radical (unpaired) electrons. The second-order valence-corrected chi connectivity index (χ2v) is 3.52. The first-order chi connectivity index (χ1) is 7.58. The van der Waals surface area contributed by atoms with Crippen molar-refractivity contribution < 1.29 is 4.92 Å². The maximum absolute atomic E-state index is 10.6. The van der Waals surface area contributed by atoms with Crippen LogP contribution in [0.25, 0.3) is 0 Å². The second-order valence-electron chi connectivity index (χ2n) is 3.52. The third-order valence-corrected chi connectivity index (χ3v) is 2.37. The Balaban J connectivity index is 2.84. The Hall–Kier alpha value is -1.82. The molecule has 0 bridgehead atoms. The van der Waals surface area contributed by atoms with Gasteiger partial charge in [-0.3, -0.25) is 10.1 Å². The van der Waals surface area contributed by atoms with Crippen LogP contribution in [0, 0.1) is 10.1 Å². The fraction of sp³-hybridized carbons (Fsp3) is 0.400. The summed E-state index contributed by atoms with van der Waals surface area (Å²) in [6.07, 6.45) is 0.882. The summed E-state index contributed by atoms with van der Waals surface area (Å²) in [5.74, 6) is 0. The minimum atomic E-state index is -0.501. The SMILES string of the molecule is CCC(CN)Nc1ccc([N+](=O)[O-])c(N)c1. The highest BCUT2D eigenvalue weighted by Gasteiger charge is 2.12. The van der Waals surface area contributed by atoms with Gasteiger partial charge in [-0.1, -0.05) is 6.92 Å². The van der Waals surface area contributed by atoms with E-state index in [9.17, 15) is 10.1 Å². The standard InChI is InChI=1S/C10H16N4O2/c1-2-7(6-11)13-8-3-4-10(14(15)16)9(12)5-8/h3-5,7,13H,2,6,11-12H2,1H3. The average Bonchev–Trinajstić information content (AvgIpc) is 2.25. The smallest absolute Gasteiger partial charge is 0.292 e. The molecular formula is C10H16N4O2. The number of hydrogen-bond donors (Lipinski definition) is 3. The molecule has 0 fully saturated rings. The van der Waals surface area contributed by atoms with E-state index < -0.39 is 4.92 Å². The first kappa shape index (κ1) is 12.3. The molecule has 1 atom stereocenters. The Morgan fingerprint density at radius 1 is 1.56 bits per heavy atom. The lowest BCUT2D eigenvalue weighted by Crippen LogP contribution is -2.27. The molecule has 6 nitrogen and oxygen atoms in total. The minimum absolute atomic E-state index is 0.0775. The lowest BCUT2D eigenvalue weighted by atomic mass is 10.2. The second kappa shape index (κ2) is 5.32. The van der Waals surface area contributed by atoms with Crippen LogP contribution in [0.2, 0.25) is 0 Å². The van der Waals surface area contributed by atoms with Gasteiger partial charge in [-0.05, 0) is 18.6 Å². The van der Waals surface area contributed by atoms with Crippen LogP contribution in [0.1, 0.15) is 13.3 Å². The molecule has 1 rings (SSSR count). The molecule has 1 aromatic carbocycles. The van der Waals surface area contributed by atoms with Crippen molar-refractivity contribution in [3.8, 4) is 0 Å². The lowest BCUT2D eigenvalue weighted by molar-refractivity contribution is -0.383. The van der Waals surface area contributed by atoms with Crippen LogP contribution >= 0.6 is 0 Å². The lowest BCUT2D eigenvalue weighted by Gasteiger charge is -2.16. The van der Waals surface area contributed by atoms with E-state index in [4.69, 9.17) is 11.5 Å².